The highest BCUT2D eigenvalue weighted by atomic mass is 35.5. The van der Waals surface area contributed by atoms with Gasteiger partial charge in [-0.05, 0) is 48.5 Å². The van der Waals surface area contributed by atoms with Crippen molar-refractivity contribution in [2.75, 3.05) is 5.32 Å². The molecule has 1 N–H and O–H groups in total. The molecule has 23 heavy (non-hydrogen) atoms. The minimum absolute atomic E-state index is 0. The summed E-state index contributed by atoms with van der Waals surface area (Å²) in [5.74, 6) is 1.32. The van der Waals surface area contributed by atoms with Gasteiger partial charge in [0.1, 0.15) is 11.5 Å². The molecule has 1 amide bonds. The largest absolute Gasteiger partial charge is 0.457 e. The molecule has 0 aliphatic carbocycles. The van der Waals surface area contributed by atoms with Gasteiger partial charge in [-0.1, -0.05) is 18.2 Å². The number of carbonyl (C=O) groups is 1. The van der Waals surface area contributed by atoms with Gasteiger partial charge in [-0.3, -0.25) is 9.78 Å². The number of aromatic nitrogens is 1. The predicted molar refractivity (Wildman–Crippen MR) is 92.4 cm³/mol. The van der Waals surface area contributed by atoms with Gasteiger partial charge in [0, 0.05) is 23.6 Å². The Morgan fingerprint density at radius 3 is 2.09 bits per heavy atom. The molecule has 0 aliphatic rings. The fraction of sp³-hybridized carbons (Fsp3) is 0. The fourth-order valence-electron chi connectivity index (χ4n) is 1.94. The fourth-order valence-corrected chi connectivity index (χ4v) is 1.94. The van der Waals surface area contributed by atoms with E-state index < -0.39 is 0 Å². The zero-order chi connectivity index (χ0) is 15.2. The summed E-state index contributed by atoms with van der Waals surface area (Å²) in [6.45, 7) is 0. The molecule has 2 aromatic carbocycles. The Kier molecular flexibility index (Phi) is 5.72. The van der Waals surface area contributed by atoms with Gasteiger partial charge in [-0.25, -0.2) is 0 Å². The first-order chi connectivity index (χ1) is 10.8. The molecular weight excluding hydrogens is 312 g/mol. The minimum Gasteiger partial charge on any atom is -0.457 e. The van der Waals surface area contributed by atoms with Crippen LogP contribution in [-0.4, -0.2) is 10.9 Å². The number of nitrogens with zero attached hydrogens (tertiary/aromatic N) is 1. The van der Waals surface area contributed by atoms with Gasteiger partial charge in [0.15, 0.2) is 0 Å². The van der Waals surface area contributed by atoms with E-state index in [1.807, 2.05) is 42.5 Å². The molecule has 1 heterocycles. The van der Waals surface area contributed by atoms with E-state index in [1.165, 1.54) is 0 Å². The average Bonchev–Trinajstić information content (AvgIpc) is 2.58. The summed E-state index contributed by atoms with van der Waals surface area (Å²) in [6.07, 6.45) is 3.18. The number of benzene rings is 2. The van der Waals surface area contributed by atoms with Gasteiger partial charge in [0.25, 0.3) is 5.91 Å². The Labute approximate surface area is 140 Å². The third kappa shape index (κ3) is 4.56. The van der Waals surface area contributed by atoms with Gasteiger partial charge in [-0.2, -0.15) is 0 Å². The smallest absolute Gasteiger partial charge is 0.255 e. The van der Waals surface area contributed by atoms with Crippen LogP contribution in [0.25, 0.3) is 0 Å². The standard InChI is InChI=1S/C18H14N2O2.ClH/c21-18(14-10-12-19-13-11-14)20-15-6-8-17(9-7-15)22-16-4-2-1-3-5-16;/h1-13H,(H,20,21);1H. The Balaban J connectivity index is 0.00000192. The zero-order valence-electron chi connectivity index (χ0n) is 12.2. The lowest BCUT2D eigenvalue weighted by molar-refractivity contribution is 0.102. The molecule has 116 valence electrons. The summed E-state index contributed by atoms with van der Waals surface area (Å²) in [5, 5.41) is 2.83. The Morgan fingerprint density at radius 2 is 1.43 bits per heavy atom. The van der Waals surface area contributed by atoms with Crippen molar-refractivity contribution in [2.24, 2.45) is 0 Å². The molecule has 3 rings (SSSR count). The summed E-state index contributed by atoms with van der Waals surface area (Å²) in [5.41, 5.74) is 1.28. The van der Waals surface area contributed by atoms with Crippen molar-refractivity contribution in [1.82, 2.24) is 4.98 Å². The highest BCUT2D eigenvalue weighted by Gasteiger charge is 2.05. The quantitative estimate of drug-likeness (QED) is 0.765. The highest BCUT2D eigenvalue weighted by molar-refractivity contribution is 6.04. The first-order valence-corrected chi connectivity index (χ1v) is 6.85. The minimum atomic E-state index is -0.167. The number of rotatable bonds is 4. The van der Waals surface area contributed by atoms with Crippen molar-refractivity contribution in [2.45, 2.75) is 0 Å². The third-order valence-electron chi connectivity index (χ3n) is 3.03. The number of halogens is 1. The topological polar surface area (TPSA) is 51.2 Å². The van der Waals surface area contributed by atoms with Crippen LogP contribution < -0.4 is 10.1 Å². The molecule has 0 saturated carbocycles. The van der Waals surface area contributed by atoms with Crippen LogP contribution in [0.5, 0.6) is 11.5 Å². The van der Waals surface area contributed by atoms with E-state index in [0.717, 1.165) is 5.75 Å². The summed E-state index contributed by atoms with van der Waals surface area (Å²) in [6, 6.07) is 20.1. The van der Waals surface area contributed by atoms with Crippen molar-refractivity contribution >= 4 is 24.0 Å². The number of ether oxygens (including phenoxy) is 1. The SMILES string of the molecule is Cl.O=C(Nc1ccc(Oc2ccccc2)cc1)c1ccncc1. The first-order valence-electron chi connectivity index (χ1n) is 6.85. The Bertz CT molecular complexity index is 747. The van der Waals surface area contributed by atoms with Gasteiger partial charge in [0.05, 0.1) is 0 Å². The van der Waals surface area contributed by atoms with Crippen molar-refractivity contribution in [3.8, 4) is 11.5 Å². The predicted octanol–water partition coefficient (Wildman–Crippen LogP) is 4.55. The lowest BCUT2D eigenvalue weighted by Crippen LogP contribution is -2.11. The first kappa shape index (κ1) is 16.5. The van der Waals surface area contributed by atoms with E-state index in [1.54, 1.807) is 36.7 Å². The van der Waals surface area contributed by atoms with Crippen LogP contribution in [0.1, 0.15) is 10.4 Å². The van der Waals surface area contributed by atoms with Crippen LogP contribution in [0.4, 0.5) is 5.69 Å². The molecule has 0 saturated heterocycles. The van der Waals surface area contributed by atoms with Gasteiger partial charge in [0.2, 0.25) is 0 Å². The van der Waals surface area contributed by atoms with Crippen molar-refractivity contribution in [3.63, 3.8) is 0 Å². The van der Waals surface area contributed by atoms with E-state index in [-0.39, 0.29) is 18.3 Å². The normalized spacial score (nSPS) is 9.57. The number of amides is 1. The molecule has 0 fully saturated rings. The number of pyridine rings is 1. The molecule has 0 atom stereocenters. The molecule has 4 nitrogen and oxygen atoms in total. The number of para-hydroxylation sites is 1. The van der Waals surface area contributed by atoms with E-state index in [0.29, 0.717) is 17.0 Å². The summed E-state index contributed by atoms with van der Waals surface area (Å²) < 4.78 is 5.70. The zero-order valence-corrected chi connectivity index (χ0v) is 13.0. The average molecular weight is 327 g/mol. The van der Waals surface area contributed by atoms with Gasteiger partial charge >= 0.3 is 0 Å². The summed E-state index contributed by atoms with van der Waals surface area (Å²) in [4.78, 5) is 15.9. The van der Waals surface area contributed by atoms with Crippen molar-refractivity contribution in [1.29, 1.82) is 0 Å². The molecule has 0 spiro atoms. The molecule has 0 unspecified atom stereocenters. The van der Waals surface area contributed by atoms with Crippen LogP contribution >= 0.6 is 12.4 Å². The molecule has 0 bridgehead atoms. The van der Waals surface area contributed by atoms with Crippen LogP contribution in [0.15, 0.2) is 79.1 Å². The van der Waals surface area contributed by atoms with Crippen LogP contribution in [0, 0.1) is 0 Å². The van der Waals surface area contributed by atoms with E-state index in [4.69, 9.17) is 4.74 Å². The van der Waals surface area contributed by atoms with Crippen molar-refractivity contribution < 1.29 is 9.53 Å². The Morgan fingerprint density at radius 1 is 0.826 bits per heavy atom. The lowest BCUT2D eigenvalue weighted by atomic mass is 10.2. The maximum absolute atomic E-state index is 12.0. The monoisotopic (exact) mass is 326 g/mol. The summed E-state index contributed by atoms with van der Waals surface area (Å²) in [7, 11) is 0. The number of carbonyl (C=O) groups excluding carboxylic acids is 1. The number of hydrogen-bond acceptors (Lipinski definition) is 3. The van der Waals surface area contributed by atoms with E-state index in [2.05, 4.69) is 10.3 Å². The molecular formula is C18H15ClN2O2. The number of hydrogen-bond donors (Lipinski definition) is 1. The molecule has 3 aromatic rings. The summed E-state index contributed by atoms with van der Waals surface area (Å²) >= 11 is 0. The maximum atomic E-state index is 12.0. The Hall–Kier alpha value is -2.85. The van der Waals surface area contributed by atoms with Crippen LogP contribution in [0.3, 0.4) is 0 Å². The molecule has 1 aromatic heterocycles. The number of anilines is 1. The second kappa shape index (κ2) is 7.96. The van der Waals surface area contributed by atoms with Crippen LogP contribution in [0.2, 0.25) is 0 Å². The van der Waals surface area contributed by atoms with Gasteiger partial charge in [-0.15, -0.1) is 12.4 Å². The second-order valence-corrected chi connectivity index (χ2v) is 4.63. The lowest BCUT2D eigenvalue weighted by Gasteiger charge is -2.08. The molecule has 0 radical (unpaired) electrons. The third-order valence-corrected chi connectivity index (χ3v) is 3.03. The second-order valence-electron chi connectivity index (χ2n) is 4.63. The van der Waals surface area contributed by atoms with Crippen LogP contribution in [-0.2, 0) is 0 Å². The van der Waals surface area contributed by atoms with Crippen molar-refractivity contribution in [3.05, 3.63) is 84.7 Å². The van der Waals surface area contributed by atoms with Gasteiger partial charge < -0.3 is 10.1 Å². The van der Waals surface area contributed by atoms with E-state index in [9.17, 15) is 4.79 Å². The maximum Gasteiger partial charge on any atom is 0.255 e. The number of nitrogens with one attached hydrogen (secondary N) is 1. The molecule has 0 aliphatic heterocycles. The highest BCUT2D eigenvalue weighted by Crippen LogP contribution is 2.22. The van der Waals surface area contributed by atoms with E-state index >= 15 is 0 Å². The molecule has 5 heteroatoms.